The molecule has 0 saturated carbocycles. The minimum atomic E-state index is -0.178. The van der Waals surface area contributed by atoms with Crippen molar-refractivity contribution in [3.05, 3.63) is 30.6 Å². The molecule has 4 nitrogen and oxygen atoms in total. The van der Waals surface area contributed by atoms with Crippen LogP contribution in [-0.2, 0) is 9.53 Å². The first-order valence-electron chi connectivity index (χ1n) is 5.36. The van der Waals surface area contributed by atoms with E-state index in [0.29, 0.717) is 6.42 Å². The molecule has 0 radical (unpaired) electrons. The van der Waals surface area contributed by atoms with Crippen LogP contribution in [0.3, 0.4) is 0 Å². The fourth-order valence-electron chi connectivity index (χ4n) is 1.58. The van der Waals surface area contributed by atoms with Crippen molar-refractivity contribution in [3.63, 3.8) is 0 Å². The third-order valence-electron chi connectivity index (χ3n) is 2.39. The number of imidazole rings is 1. The molecule has 17 heavy (non-hydrogen) atoms. The Morgan fingerprint density at radius 1 is 1.59 bits per heavy atom. The third-order valence-corrected chi connectivity index (χ3v) is 3.54. The van der Waals surface area contributed by atoms with Gasteiger partial charge in [-0.05, 0) is 12.1 Å². The van der Waals surface area contributed by atoms with Crippen molar-refractivity contribution in [1.29, 1.82) is 0 Å². The first-order valence-corrected chi connectivity index (χ1v) is 6.24. The summed E-state index contributed by atoms with van der Waals surface area (Å²) in [4.78, 5) is 15.4. The molecular weight excluding hydrogens is 236 g/mol. The summed E-state index contributed by atoms with van der Waals surface area (Å²) in [5, 5.41) is 1.26. The minimum absolute atomic E-state index is 0.176. The number of fused-ring (bicyclic) bond motifs is 1. The lowest BCUT2D eigenvalue weighted by molar-refractivity contribution is -0.140. The molecule has 5 heteroatoms. The molecule has 0 bridgehead atoms. The number of nitrogens with zero attached hydrogens (tertiary/aromatic N) is 2. The molecule has 0 N–H and O–H groups in total. The summed E-state index contributed by atoms with van der Waals surface area (Å²) in [7, 11) is 1.41. The lowest BCUT2D eigenvalue weighted by Gasteiger charge is -2.11. The highest BCUT2D eigenvalue weighted by Crippen LogP contribution is 2.25. The van der Waals surface area contributed by atoms with Gasteiger partial charge in [-0.25, -0.2) is 4.98 Å². The van der Waals surface area contributed by atoms with Crippen LogP contribution in [0.15, 0.2) is 35.6 Å². The summed E-state index contributed by atoms with van der Waals surface area (Å²) in [6.07, 6.45) is 4.10. The van der Waals surface area contributed by atoms with E-state index in [4.69, 9.17) is 0 Å². The van der Waals surface area contributed by atoms with Crippen molar-refractivity contribution in [2.75, 3.05) is 7.11 Å². The van der Waals surface area contributed by atoms with Gasteiger partial charge in [-0.1, -0.05) is 13.0 Å². The average Bonchev–Trinajstić information content (AvgIpc) is 2.78. The Bertz CT molecular complexity index is 524. The second-order valence-corrected chi connectivity index (χ2v) is 5.19. The van der Waals surface area contributed by atoms with Gasteiger partial charge < -0.3 is 4.74 Å². The van der Waals surface area contributed by atoms with E-state index in [1.54, 1.807) is 18.0 Å². The molecule has 1 unspecified atom stereocenters. The summed E-state index contributed by atoms with van der Waals surface area (Å²) in [6, 6.07) is 5.94. The lowest BCUT2D eigenvalue weighted by atomic mass is 10.3. The van der Waals surface area contributed by atoms with Crippen LogP contribution in [0, 0.1) is 0 Å². The summed E-state index contributed by atoms with van der Waals surface area (Å²) in [6.45, 7) is 2.01. The molecule has 0 amide bonds. The van der Waals surface area contributed by atoms with E-state index < -0.39 is 0 Å². The van der Waals surface area contributed by atoms with Crippen molar-refractivity contribution in [2.45, 2.75) is 23.6 Å². The van der Waals surface area contributed by atoms with Crippen LogP contribution < -0.4 is 0 Å². The molecule has 0 fully saturated rings. The number of thioether (sulfide) groups is 1. The van der Waals surface area contributed by atoms with Crippen LogP contribution in [0.5, 0.6) is 0 Å². The van der Waals surface area contributed by atoms with Crippen LogP contribution in [0.1, 0.15) is 13.3 Å². The SMILES string of the molecule is COC(=O)CC(C)Sc1cccc2nccn12. The molecule has 2 rings (SSSR count). The van der Waals surface area contributed by atoms with E-state index in [9.17, 15) is 4.79 Å². The zero-order valence-corrected chi connectivity index (χ0v) is 10.6. The topological polar surface area (TPSA) is 43.6 Å². The molecular formula is C12H14N2O2S. The highest BCUT2D eigenvalue weighted by Gasteiger charge is 2.12. The molecule has 0 saturated heterocycles. The Labute approximate surface area is 104 Å². The number of esters is 1. The van der Waals surface area contributed by atoms with Gasteiger partial charge in [0.15, 0.2) is 0 Å². The Kier molecular flexibility index (Phi) is 3.68. The fraction of sp³-hybridized carbons (Fsp3) is 0.333. The Balaban J connectivity index is 2.12. The van der Waals surface area contributed by atoms with Gasteiger partial charge in [-0.2, -0.15) is 0 Å². The van der Waals surface area contributed by atoms with Crippen molar-refractivity contribution in [2.24, 2.45) is 0 Å². The van der Waals surface area contributed by atoms with E-state index in [0.717, 1.165) is 10.7 Å². The van der Waals surface area contributed by atoms with E-state index in [-0.39, 0.29) is 11.2 Å². The molecule has 0 aromatic carbocycles. The van der Waals surface area contributed by atoms with Gasteiger partial charge in [0.05, 0.1) is 18.6 Å². The Morgan fingerprint density at radius 2 is 2.41 bits per heavy atom. The van der Waals surface area contributed by atoms with Crippen LogP contribution in [0.4, 0.5) is 0 Å². The number of rotatable bonds is 4. The van der Waals surface area contributed by atoms with E-state index >= 15 is 0 Å². The Hall–Kier alpha value is -1.49. The molecule has 2 aromatic heterocycles. The maximum atomic E-state index is 11.2. The maximum Gasteiger partial charge on any atom is 0.306 e. The second-order valence-electron chi connectivity index (χ2n) is 3.73. The average molecular weight is 250 g/mol. The first kappa shape index (κ1) is 12.0. The largest absolute Gasteiger partial charge is 0.469 e. The number of hydrogen-bond donors (Lipinski definition) is 0. The highest BCUT2D eigenvalue weighted by molar-refractivity contribution is 7.99. The molecule has 2 heterocycles. The van der Waals surface area contributed by atoms with Crippen molar-refractivity contribution >= 4 is 23.4 Å². The van der Waals surface area contributed by atoms with Crippen LogP contribution in [0.2, 0.25) is 0 Å². The number of aromatic nitrogens is 2. The monoisotopic (exact) mass is 250 g/mol. The summed E-state index contributed by atoms with van der Waals surface area (Å²) < 4.78 is 6.67. The van der Waals surface area contributed by atoms with Crippen LogP contribution in [0.25, 0.3) is 5.65 Å². The molecule has 0 spiro atoms. The number of carbonyl (C=O) groups is 1. The zero-order chi connectivity index (χ0) is 12.3. The lowest BCUT2D eigenvalue weighted by Crippen LogP contribution is -2.09. The zero-order valence-electron chi connectivity index (χ0n) is 9.79. The van der Waals surface area contributed by atoms with Gasteiger partial charge in [0.25, 0.3) is 0 Å². The predicted octanol–water partition coefficient (Wildman–Crippen LogP) is 2.38. The molecule has 0 aliphatic rings. The van der Waals surface area contributed by atoms with Gasteiger partial charge in [0.2, 0.25) is 0 Å². The van der Waals surface area contributed by atoms with E-state index in [1.165, 1.54) is 7.11 Å². The minimum Gasteiger partial charge on any atom is -0.469 e. The van der Waals surface area contributed by atoms with Crippen LogP contribution >= 0.6 is 11.8 Å². The van der Waals surface area contributed by atoms with Crippen molar-refractivity contribution in [1.82, 2.24) is 9.38 Å². The Morgan fingerprint density at radius 3 is 3.18 bits per heavy atom. The van der Waals surface area contributed by atoms with Crippen molar-refractivity contribution < 1.29 is 9.53 Å². The van der Waals surface area contributed by atoms with E-state index in [1.807, 2.05) is 35.7 Å². The maximum absolute atomic E-state index is 11.2. The predicted molar refractivity (Wildman–Crippen MR) is 67.1 cm³/mol. The number of carbonyl (C=O) groups excluding carboxylic acids is 1. The van der Waals surface area contributed by atoms with Gasteiger partial charge >= 0.3 is 5.97 Å². The van der Waals surface area contributed by atoms with Gasteiger partial charge in [0, 0.05) is 17.6 Å². The molecule has 1 atom stereocenters. The third kappa shape index (κ3) is 2.79. The molecule has 0 aliphatic heterocycles. The first-order chi connectivity index (χ1) is 8.20. The fourth-order valence-corrected chi connectivity index (χ4v) is 2.64. The van der Waals surface area contributed by atoms with Crippen molar-refractivity contribution in [3.8, 4) is 0 Å². The number of pyridine rings is 1. The number of hydrogen-bond acceptors (Lipinski definition) is 4. The second kappa shape index (κ2) is 5.23. The van der Waals surface area contributed by atoms with Gasteiger partial charge in [0.1, 0.15) is 5.65 Å². The van der Waals surface area contributed by atoms with E-state index in [2.05, 4.69) is 9.72 Å². The summed E-state index contributed by atoms with van der Waals surface area (Å²) in [5.41, 5.74) is 0.917. The molecule has 90 valence electrons. The quantitative estimate of drug-likeness (QED) is 0.617. The molecule has 0 aliphatic carbocycles. The highest BCUT2D eigenvalue weighted by atomic mass is 32.2. The standard InChI is InChI=1S/C12H14N2O2S/c1-9(8-12(15)16-2)17-11-5-3-4-10-13-6-7-14(10)11/h3-7,9H,8H2,1-2H3. The van der Waals surface area contributed by atoms with Crippen LogP contribution in [-0.4, -0.2) is 27.7 Å². The number of ether oxygens (including phenoxy) is 1. The van der Waals surface area contributed by atoms with Gasteiger partial charge in [-0.3, -0.25) is 9.20 Å². The van der Waals surface area contributed by atoms with Gasteiger partial charge in [-0.15, -0.1) is 11.8 Å². The normalized spacial score (nSPS) is 12.6. The smallest absolute Gasteiger partial charge is 0.306 e. The molecule has 2 aromatic rings. The summed E-state index contributed by atoms with van der Waals surface area (Å²) in [5.74, 6) is -0.178. The summed E-state index contributed by atoms with van der Waals surface area (Å²) >= 11 is 1.64. The number of methoxy groups -OCH3 is 1.